The number of carbonyl (C=O) groups is 2. The normalized spacial score (nSPS) is 13.2. The predicted octanol–water partition coefficient (Wildman–Crippen LogP) is 2.35. The first kappa shape index (κ1) is 11.6. The highest BCUT2D eigenvalue weighted by Gasteiger charge is 2.22. The van der Waals surface area contributed by atoms with Crippen molar-refractivity contribution in [2.75, 3.05) is 0 Å². The Morgan fingerprint density at radius 3 is 2.82 bits per heavy atom. The zero-order valence-corrected chi connectivity index (χ0v) is 10.0. The molecule has 0 saturated heterocycles. The topological polar surface area (TPSA) is 43.4 Å². The Morgan fingerprint density at radius 1 is 1.47 bits per heavy atom. The van der Waals surface area contributed by atoms with E-state index in [9.17, 15) is 9.59 Å². The Balaban J connectivity index is 2.34. The van der Waals surface area contributed by atoms with Gasteiger partial charge in [0.2, 0.25) is 0 Å². The van der Waals surface area contributed by atoms with E-state index in [-0.39, 0.29) is 11.8 Å². The third kappa shape index (κ3) is 2.13. The van der Waals surface area contributed by atoms with Gasteiger partial charge in [0.15, 0.2) is 5.78 Å². The second kappa shape index (κ2) is 4.17. The van der Waals surface area contributed by atoms with Gasteiger partial charge in [0.25, 0.3) is 0 Å². The average molecular weight is 230 g/mol. The van der Waals surface area contributed by atoms with Crippen LogP contribution in [0.5, 0.6) is 0 Å². The Kier molecular flexibility index (Phi) is 2.84. The summed E-state index contributed by atoms with van der Waals surface area (Å²) in [4.78, 5) is 23.0. The summed E-state index contributed by atoms with van der Waals surface area (Å²) in [7, 11) is 0. The van der Waals surface area contributed by atoms with Crippen LogP contribution in [-0.2, 0) is 22.6 Å². The molecule has 0 fully saturated rings. The van der Waals surface area contributed by atoms with Crippen LogP contribution in [-0.4, -0.2) is 11.8 Å². The third-order valence-corrected chi connectivity index (χ3v) is 2.97. The molecule has 0 radical (unpaired) electrons. The number of allylic oxidation sites excluding steroid dienone is 1. The molecule has 0 aliphatic carbocycles. The molecule has 0 spiro atoms. The van der Waals surface area contributed by atoms with Crippen LogP contribution in [0.3, 0.4) is 0 Å². The van der Waals surface area contributed by atoms with Gasteiger partial charge in [0.05, 0.1) is 5.56 Å². The third-order valence-electron chi connectivity index (χ3n) is 2.97. The molecule has 0 aromatic heterocycles. The van der Waals surface area contributed by atoms with Gasteiger partial charge in [-0.25, -0.2) is 4.79 Å². The predicted molar refractivity (Wildman–Crippen MR) is 63.8 cm³/mol. The highest BCUT2D eigenvalue weighted by molar-refractivity contribution is 5.97. The van der Waals surface area contributed by atoms with Gasteiger partial charge >= 0.3 is 5.97 Å². The van der Waals surface area contributed by atoms with Crippen molar-refractivity contribution < 1.29 is 14.3 Å². The quantitative estimate of drug-likeness (QED) is 0.591. The maximum absolute atomic E-state index is 11.6. The molecule has 0 saturated carbocycles. The van der Waals surface area contributed by atoms with Gasteiger partial charge in [-0.15, -0.1) is 0 Å². The van der Waals surface area contributed by atoms with Gasteiger partial charge in [-0.1, -0.05) is 12.6 Å². The van der Waals surface area contributed by atoms with Crippen molar-refractivity contribution in [3.63, 3.8) is 0 Å². The number of ether oxygens (including phenoxy) is 1. The number of ketones is 1. The minimum Gasteiger partial charge on any atom is -0.457 e. The smallest absolute Gasteiger partial charge is 0.338 e. The number of hydrogen-bond donors (Lipinski definition) is 0. The van der Waals surface area contributed by atoms with Crippen LogP contribution >= 0.6 is 0 Å². The molecule has 1 aliphatic heterocycles. The van der Waals surface area contributed by atoms with E-state index in [1.807, 2.05) is 13.0 Å². The first-order chi connectivity index (χ1) is 7.99. The number of hydrogen-bond acceptors (Lipinski definition) is 3. The highest BCUT2D eigenvalue weighted by atomic mass is 16.5. The number of cyclic esters (lactones) is 1. The van der Waals surface area contributed by atoms with Gasteiger partial charge in [-0.3, -0.25) is 4.79 Å². The number of rotatable bonds is 3. The van der Waals surface area contributed by atoms with Gasteiger partial charge in [-0.05, 0) is 36.6 Å². The molecular formula is C14H14O3. The maximum atomic E-state index is 11.6. The zero-order chi connectivity index (χ0) is 12.6. The molecular weight excluding hydrogens is 216 g/mol. The summed E-state index contributed by atoms with van der Waals surface area (Å²) < 4.78 is 4.94. The maximum Gasteiger partial charge on any atom is 0.338 e. The standard InChI is InChI=1S/C14H14O3/c1-8(2)13(15)6-10-5-11-7-17-14(16)12(11)4-9(10)3/h4-5H,1,6-7H2,2-3H3. The van der Waals surface area contributed by atoms with Crippen LogP contribution < -0.4 is 0 Å². The van der Waals surface area contributed by atoms with E-state index in [2.05, 4.69) is 6.58 Å². The SMILES string of the molecule is C=C(C)C(=O)Cc1cc2c(cc1C)C(=O)OC2. The Morgan fingerprint density at radius 2 is 2.18 bits per heavy atom. The molecule has 0 bridgehead atoms. The molecule has 0 N–H and O–H groups in total. The molecule has 3 nitrogen and oxygen atoms in total. The molecule has 1 aliphatic rings. The van der Waals surface area contributed by atoms with Crippen LogP contribution in [0.4, 0.5) is 0 Å². The van der Waals surface area contributed by atoms with Crippen LogP contribution in [0.1, 0.15) is 34.0 Å². The van der Waals surface area contributed by atoms with Crippen molar-refractivity contribution in [2.24, 2.45) is 0 Å². The van der Waals surface area contributed by atoms with Crippen molar-refractivity contribution in [3.05, 3.63) is 46.5 Å². The van der Waals surface area contributed by atoms with Crippen molar-refractivity contribution >= 4 is 11.8 Å². The van der Waals surface area contributed by atoms with Gasteiger partial charge in [0.1, 0.15) is 6.61 Å². The second-order valence-corrected chi connectivity index (χ2v) is 4.39. The van der Waals surface area contributed by atoms with Gasteiger partial charge in [-0.2, -0.15) is 0 Å². The monoisotopic (exact) mass is 230 g/mol. The van der Waals surface area contributed by atoms with Crippen LogP contribution in [0.15, 0.2) is 24.3 Å². The summed E-state index contributed by atoms with van der Waals surface area (Å²) in [5.41, 5.74) is 3.92. The summed E-state index contributed by atoms with van der Waals surface area (Å²) in [5.74, 6) is -0.251. The van der Waals surface area contributed by atoms with E-state index < -0.39 is 0 Å². The minimum absolute atomic E-state index is 0.0262. The average Bonchev–Trinajstić information content (AvgIpc) is 2.61. The van der Waals surface area contributed by atoms with E-state index >= 15 is 0 Å². The molecule has 1 heterocycles. The lowest BCUT2D eigenvalue weighted by atomic mass is 9.96. The lowest BCUT2D eigenvalue weighted by Crippen LogP contribution is -2.06. The molecule has 0 amide bonds. The van der Waals surface area contributed by atoms with E-state index in [1.165, 1.54) is 0 Å². The molecule has 17 heavy (non-hydrogen) atoms. The Hall–Kier alpha value is -1.90. The van der Waals surface area contributed by atoms with Crippen molar-refractivity contribution in [1.29, 1.82) is 0 Å². The summed E-state index contributed by atoms with van der Waals surface area (Å²) in [6.45, 7) is 7.55. The number of Topliss-reactive ketones (excluding diaryl/α,β-unsaturated/α-hetero) is 1. The largest absolute Gasteiger partial charge is 0.457 e. The van der Waals surface area contributed by atoms with Crippen molar-refractivity contribution in [1.82, 2.24) is 0 Å². The molecule has 2 rings (SSSR count). The lowest BCUT2D eigenvalue weighted by molar-refractivity contribution is -0.114. The molecule has 1 aromatic carbocycles. The summed E-state index contributed by atoms with van der Waals surface area (Å²) in [6, 6.07) is 3.68. The Bertz CT molecular complexity index is 527. The first-order valence-corrected chi connectivity index (χ1v) is 5.47. The van der Waals surface area contributed by atoms with Crippen molar-refractivity contribution in [2.45, 2.75) is 26.9 Å². The summed E-state index contributed by atoms with van der Waals surface area (Å²) in [5, 5.41) is 0. The zero-order valence-electron chi connectivity index (χ0n) is 10.0. The van der Waals surface area contributed by atoms with Gasteiger partial charge in [0, 0.05) is 12.0 Å². The van der Waals surface area contributed by atoms with E-state index in [1.54, 1.807) is 13.0 Å². The van der Waals surface area contributed by atoms with Crippen molar-refractivity contribution in [3.8, 4) is 0 Å². The number of esters is 1. The fourth-order valence-electron chi connectivity index (χ4n) is 1.85. The van der Waals surface area contributed by atoms with E-state index in [4.69, 9.17) is 4.74 Å². The fourth-order valence-corrected chi connectivity index (χ4v) is 1.85. The Labute approximate surface area is 100 Å². The van der Waals surface area contributed by atoms with Crippen LogP contribution in [0, 0.1) is 6.92 Å². The number of fused-ring (bicyclic) bond motifs is 1. The highest BCUT2D eigenvalue weighted by Crippen LogP contribution is 2.24. The fraction of sp³-hybridized carbons (Fsp3) is 0.286. The van der Waals surface area contributed by atoms with Crippen LogP contribution in [0.2, 0.25) is 0 Å². The van der Waals surface area contributed by atoms with E-state index in [0.29, 0.717) is 24.2 Å². The molecule has 3 heteroatoms. The second-order valence-electron chi connectivity index (χ2n) is 4.39. The summed E-state index contributed by atoms with van der Waals surface area (Å²) >= 11 is 0. The van der Waals surface area contributed by atoms with Crippen LogP contribution in [0.25, 0.3) is 0 Å². The number of benzene rings is 1. The first-order valence-electron chi connectivity index (χ1n) is 5.47. The van der Waals surface area contributed by atoms with E-state index in [0.717, 1.165) is 16.7 Å². The summed E-state index contributed by atoms with van der Waals surface area (Å²) in [6.07, 6.45) is 0.336. The molecule has 0 unspecified atom stereocenters. The number of aryl methyl sites for hydroxylation is 1. The molecule has 88 valence electrons. The molecule has 1 aromatic rings. The number of carbonyl (C=O) groups excluding carboxylic acids is 2. The van der Waals surface area contributed by atoms with Gasteiger partial charge < -0.3 is 4.74 Å². The minimum atomic E-state index is -0.277. The lowest BCUT2D eigenvalue weighted by Gasteiger charge is -2.07. The molecule has 0 atom stereocenters.